The first-order valence-corrected chi connectivity index (χ1v) is 8.74. The topological polar surface area (TPSA) is 60.3 Å². The Balaban J connectivity index is 1.75. The minimum absolute atomic E-state index is 0.0000501. The van der Waals surface area contributed by atoms with E-state index in [4.69, 9.17) is 4.74 Å². The first-order chi connectivity index (χ1) is 13.1. The zero-order valence-corrected chi connectivity index (χ0v) is 15.4. The summed E-state index contributed by atoms with van der Waals surface area (Å²) < 4.78 is 7.23. The molecular formula is C22H22N2O3. The van der Waals surface area contributed by atoms with Crippen molar-refractivity contribution >= 4 is 17.4 Å². The molecule has 3 aromatic rings. The van der Waals surface area contributed by atoms with Crippen LogP contribution in [0.1, 0.15) is 35.3 Å². The molecule has 0 unspecified atom stereocenters. The molecule has 138 valence electrons. The van der Waals surface area contributed by atoms with Gasteiger partial charge in [0.1, 0.15) is 5.75 Å². The monoisotopic (exact) mass is 362 g/mol. The Labute approximate surface area is 158 Å². The van der Waals surface area contributed by atoms with Crippen LogP contribution in [0.15, 0.2) is 73.1 Å². The van der Waals surface area contributed by atoms with Gasteiger partial charge in [0.05, 0.1) is 19.6 Å². The van der Waals surface area contributed by atoms with Crippen molar-refractivity contribution in [2.45, 2.75) is 19.4 Å². The van der Waals surface area contributed by atoms with Crippen LogP contribution in [-0.4, -0.2) is 23.4 Å². The highest BCUT2D eigenvalue weighted by atomic mass is 16.5. The van der Waals surface area contributed by atoms with Crippen molar-refractivity contribution in [2.24, 2.45) is 0 Å². The van der Waals surface area contributed by atoms with E-state index in [0.717, 1.165) is 11.3 Å². The van der Waals surface area contributed by atoms with Crippen molar-refractivity contribution in [2.75, 3.05) is 12.4 Å². The zero-order valence-electron chi connectivity index (χ0n) is 15.4. The molecule has 0 aliphatic heterocycles. The molecule has 1 amide bonds. The standard InChI is InChI=1S/C22H22N2O3/c1-16(25)17-5-9-19(10-6-17)23-22(26)15-21(24-13-3-4-14-24)18-7-11-20(27-2)12-8-18/h3-14,21H,15H2,1-2H3,(H,23,26)/t21-/m0/s1. The van der Waals surface area contributed by atoms with E-state index in [1.807, 2.05) is 53.4 Å². The summed E-state index contributed by atoms with van der Waals surface area (Å²) in [6.07, 6.45) is 4.18. The number of methoxy groups -OCH3 is 1. The number of nitrogens with zero attached hydrogens (tertiary/aromatic N) is 1. The first-order valence-electron chi connectivity index (χ1n) is 8.74. The molecule has 2 aromatic carbocycles. The van der Waals surface area contributed by atoms with Crippen molar-refractivity contribution in [3.63, 3.8) is 0 Å². The van der Waals surface area contributed by atoms with Crippen LogP contribution in [0.3, 0.4) is 0 Å². The maximum Gasteiger partial charge on any atom is 0.226 e. The number of anilines is 1. The molecular weight excluding hydrogens is 340 g/mol. The van der Waals surface area contributed by atoms with Gasteiger partial charge in [0.25, 0.3) is 0 Å². The molecule has 5 heteroatoms. The van der Waals surface area contributed by atoms with Crippen molar-refractivity contribution in [3.8, 4) is 5.75 Å². The number of Topliss-reactive ketones (excluding diaryl/α,β-unsaturated/α-hetero) is 1. The summed E-state index contributed by atoms with van der Waals surface area (Å²) in [6.45, 7) is 1.52. The van der Waals surface area contributed by atoms with Crippen molar-refractivity contribution in [1.82, 2.24) is 4.57 Å². The molecule has 0 aliphatic rings. The number of carbonyl (C=O) groups excluding carboxylic acids is 2. The number of carbonyl (C=O) groups is 2. The Bertz CT molecular complexity index is 898. The van der Waals surface area contributed by atoms with Crippen molar-refractivity contribution < 1.29 is 14.3 Å². The molecule has 3 rings (SSSR count). The maximum absolute atomic E-state index is 12.6. The Morgan fingerprint density at radius 2 is 1.63 bits per heavy atom. The summed E-state index contributed by atoms with van der Waals surface area (Å²) in [7, 11) is 1.63. The minimum atomic E-state index is -0.123. The van der Waals surface area contributed by atoms with Gasteiger partial charge in [-0.1, -0.05) is 12.1 Å². The summed E-state index contributed by atoms with van der Waals surface area (Å²) >= 11 is 0. The van der Waals surface area contributed by atoms with Gasteiger partial charge in [-0.2, -0.15) is 0 Å². The lowest BCUT2D eigenvalue weighted by Gasteiger charge is -2.20. The van der Waals surface area contributed by atoms with E-state index in [9.17, 15) is 9.59 Å². The zero-order chi connectivity index (χ0) is 19.2. The molecule has 1 aromatic heterocycles. The number of ketones is 1. The van der Waals surface area contributed by atoms with Crippen LogP contribution in [0.4, 0.5) is 5.69 Å². The molecule has 1 atom stereocenters. The largest absolute Gasteiger partial charge is 0.497 e. The fourth-order valence-electron chi connectivity index (χ4n) is 2.95. The predicted molar refractivity (Wildman–Crippen MR) is 105 cm³/mol. The smallest absolute Gasteiger partial charge is 0.226 e. The number of aromatic nitrogens is 1. The van der Waals surface area contributed by atoms with Crippen LogP contribution in [0.5, 0.6) is 5.75 Å². The molecule has 1 N–H and O–H groups in total. The second kappa shape index (κ2) is 8.36. The van der Waals surface area contributed by atoms with Crippen LogP contribution in [0, 0.1) is 0 Å². The molecule has 5 nitrogen and oxygen atoms in total. The van der Waals surface area contributed by atoms with Gasteiger partial charge in [0.15, 0.2) is 5.78 Å². The SMILES string of the molecule is COc1ccc([C@H](CC(=O)Nc2ccc(C(C)=O)cc2)n2cccc2)cc1. The molecule has 1 heterocycles. The van der Waals surface area contributed by atoms with Crippen molar-refractivity contribution in [1.29, 1.82) is 0 Å². The number of hydrogen-bond donors (Lipinski definition) is 1. The highest BCUT2D eigenvalue weighted by Crippen LogP contribution is 2.25. The van der Waals surface area contributed by atoms with E-state index >= 15 is 0 Å². The van der Waals surface area contributed by atoms with E-state index < -0.39 is 0 Å². The Morgan fingerprint density at radius 3 is 2.19 bits per heavy atom. The van der Waals surface area contributed by atoms with Gasteiger partial charge < -0.3 is 14.6 Å². The van der Waals surface area contributed by atoms with E-state index in [0.29, 0.717) is 11.3 Å². The van der Waals surface area contributed by atoms with Crippen LogP contribution in [0.25, 0.3) is 0 Å². The molecule has 0 fully saturated rings. The van der Waals surface area contributed by atoms with E-state index in [2.05, 4.69) is 5.32 Å². The van der Waals surface area contributed by atoms with E-state index in [1.165, 1.54) is 6.92 Å². The third-order valence-electron chi connectivity index (χ3n) is 4.44. The fourth-order valence-corrected chi connectivity index (χ4v) is 2.95. The summed E-state index contributed by atoms with van der Waals surface area (Å²) in [5, 5.41) is 2.90. The van der Waals surface area contributed by atoms with E-state index in [-0.39, 0.29) is 24.2 Å². The highest BCUT2D eigenvalue weighted by Gasteiger charge is 2.18. The van der Waals surface area contributed by atoms with Gasteiger partial charge >= 0.3 is 0 Å². The van der Waals surface area contributed by atoms with Gasteiger partial charge in [0.2, 0.25) is 5.91 Å². The van der Waals surface area contributed by atoms with Gasteiger partial charge in [-0.15, -0.1) is 0 Å². The number of nitrogens with one attached hydrogen (secondary N) is 1. The minimum Gasteiger partial charge on any atom is -0.497 e. The lowest BCUT2D eigenvalue weighted by molar-refractivity contribution is -0.116. The molecule has 0 saturated heterocycles. The summed E-state index contributed by atoms with van der Waals surface area (Å²) in [4.78, 5) is 24.0. The summed E-state index contributed by atoms with van der Waals surface area (Å²) in [6, 6.07) is 18.4. The Kier molecular flexibility index (Phi) is 5.71. The molecule has 0 radical (unpaired) electrons. The molecule has 27 heavy (non-hydrogen) atoms. The Morgan fingerprint density at radius 1 is 1.00 bits per heavy atom. The van der Waals surface area contributed by atoms with E-state index in [1.54, 1.807) is 31.4 Å². The Hall–Kier alpha value is -3.34. The third-order valence-corrected chi connectivity index (χ3v) is 4.44. The van der Waals surface area contributed by atoms with Crippen LogP contribution < -0.4 is 10.1 Å². The first kappa shape index (κ1) is 18.5. The lowest BCUT2D eigenvalue weighted by Crippen LogP contribution is -2.19. The molecule has 0 spiro atoms. The highest BCUT2D eigenvalue weighted by molar-refractivity contribution is 5.95. The number of rotatable bonds is 7. The molecule has 0 aliphatic carbocycles. The number of ether oxygens (including phenoxy) is 1. The number of amides is 1. The van der Waals surface area contributed by atoms with Gasteiger partial charge in [-0.25, -0.2) is 0 Å². The van der Waals surface area contributed by atoms with Crippen LogP contribution in [0.2, 0.25) is 0 Å². The average molecular weight is 362 g/mol. The normalized spacial score (nSPS) is 11.6. The van der Waals surface area contributed by atoms with Gasteiger partial charge in [0, 0.05) is 23.6 Å². The average Bonchev–Trinajstić information content (AvgIpc) is 3.21. The fraction of sp³-hybridized carbons (Fsp3) is 0.182. The van der Waals surface area contributed by atoms with Crippen LogP contribution in [-0.2, 0) is 4.79 Å². The summed E-state index contributed by atoms with van der Waals surface area (Å²) in [5.41, 5.74) is 2.32. The van der Waals surface area contributed by atoms with Crippen LogP contribution >= 0.6 is 0 Å². The maximum atomic E-state index is 12.6. The molecule has 0 bridgehead atoms. The predicted octanol–water partition coefficient (Wildman–Crippen LogP) is 4.32. The van der Waals surface area contributed by atoms with Crippen molar-refractivity contribution in [3.05, 3.63) is 84.2 Å². The second-order valence-electron chi connectivity index (χ2n) is 6.31. The lowest BCUT2D eigenvalue weighted by atomic mass is 10.0. The summed E-state index contributed by atoms with van der Waals surface area (Å²) in [5.74, 6) is 0.681. The second-order valence-corrected chi connectivity index (χ2v) is 6.31. The number of hydrogen-bond acceptors (Lipinski definition) is 3. The number of benzene rings is 2. The quantitative estimate of drug-likeness (QED) is 0.637. The van der Waals surface area contributed by atoms with Gasteiger partial charge in [-0.3, -0.25) is 9.59 Å². The third kappa shape index (κ3) is 4.64. The van der Waals surface area contributed by atoms with Gasteiger partial charge in [-0.05, 0) is 61.0 Å². The molecule has 0 saturated carbocycles.